The molecule has 0 aliphatic carbocycles. The van der Waals surface area contributed by atoms with Crippen molar-refractivity contribution >= 4 is 51.4 Å². The van der Waals surface area contributed by atoms with E-state index in [-0.39, 0.29) is 10.8 Å². The second kappa shape index (κ2) is 4.17. The third-order valence-electron chi connectivity index (χ3n) is 2.16. The highest BCUT2D eigenvalue weighted by Crippen LogP contribution is 2.38. The number of aromatic nitrogens is 1. The molecule has 0 radical (unpaired) electrons. The van der Waals surface area contributed by atoms with Crippen molar-refractivity contribution in [2.75, 3.05) is 12.8 Å². The Bertz CT molecular complexity index is 572. The summed E-state index contributed by atoms with van der Waals surface area (Å²) in [7, 11) is 1.52. The van der Waals surface area contributed by atoms with Gasteiger partial charge in [-0.3, -0.25) is 0 Å². The van der Waals surface area contributed by atoms with Gasteiger partial charge < -0.3 is 10.5 Å². The third-order valence-corrected chi connectivity index (χ3v) is 3.08. The van der Waals surface area contributed by atoms with Crippen LogP contribution in [0.2, 0.25) is 15.2 Å². The summed E-state index contributed by atoms with van der Waals surface area (Å²) < 4.78 is 5.15. The average molecular weight is 278 g/mol. The number of rotatable bonds is 1. The molecule has 0 spiro atoms. The van der Waals surface area contributed by atoms with Crippen LogP contribution in [0.25, 0.3) is 10.9 Å². The number of halogens is 3. The van der Waals surface area contributed by atoms with Crippen molar-refractivity contribution in [3.8, 4) is 5.75 Å². The fourth-order valence-electron chi connectivity index (χ4n) is 1.41. The second-order valence-corrected chi connectivity index (χ2v) is 4.31. The van der Waals surface area contributed by atoms with E-state index in [1.54, 1.807) is 12.1 Å². The Morgan fingerprint density at radius 2 is 1.94 bits per heavy atom. The van der Waals surface area contributed by atoms with E-state index >= 15 is 0 Å². The van der Waals surface area contributed by atoms with Gasteiger partial charge in [0, 0.05) is 16.5 Å². The van der Waals surface area contributed by atoms with Gasteiger partial charge in [-0.1, -0.05) is 34.8 Å². The Balaban J connectivity index is 2.94. The van der Waals surface area contributed by atoms with Crippen molar-refractivity contribution in [1.82, 2.24) is 4.98 Å². The lowest BCUT2D eigenvalue weighted by molar-refractivity contribution is 0.419. The van der Waals surface area contributed by atoms with Crippen LogP contribution in [0.15, 0.2) is 12.1 Å². The van der Waals surface area contributed by atoms with Crippen molar-refractivity contribution < 1.29 is 4.74 Å². The quantitative estimate of drug-likeness (QED) is 0.807. The van der Waals surface area contributed by atoms with Crippen molar-refractivity contribution in [2.45, 2.75) is 0 Å². The molecule has 0 saturated heterocycles. The van der Waals surface area contributed by atoms with Gasteiger partial charge in [-0.15, -0.1) is 0 Å². The van der Waals surface area contributed by atoms with Crippen molar-refractivity contribution in [3.63, 3.8) is 0 Å². The van der Waals surface area contributed by atoms with Crippen LogP contribution in [0.1, 0.15) is 0 Å². The van der Waals surface area contributed by atoms with Crippen molar-refractivity contribution in [1.29, 1.82) is 0 Å². The largest absolute Gasteiger partial charge is 0.494 e. The van der Waals surface area contributed by atoms with E-state index in [1.807, 2.05) is 0 Å². The van der Waals surface area contributed by atoms with Crippen LogP contribution in [-0.2, 0) is 0 Å². The fourth-order valence-corrected chi connectivity index (χ4v) is 2.08. The molecule has 0 amide bonds. The maximum atomic E-state index is 6.07. The number of fused-ring (bicyclic) bond motifs is 1. The Labute approximate surface area is 107 Å². The first-order valence-electron chi connectivity index (χ1n) is 4.32. The molecule has 1 aromatic carbocycles. The van der Waals surface area contributed by atoms with Gasteiger partial charge in [0.05, 0.1) is 17.8 Å². The number of anilines is 1. The van der Waals surface area contributed by atoms with Gasteiger partial charge in [-0.05, 0) is 6.07 Å². The molecule has 0 atom stereocenters. The Kier molecular flexibility index (Phi) is 3.02. The predicted octanol–water partition coefficient (Wildman–Crippen LogP) is 3.79. The maximum absolute atomic E-state index is 6.07. The molecule has 3 nitrogen and oxygen atoms in total. The lowest BCUT2D eigenvalue weighted by atomic mass is 10.2. The van der Waals surface area contributed by atoms with E-state index in [2.05, 4.69) is 4.98 Å². The summed E-state index contributed by atoms with van der Waals surface area (Å²) in [6.07, 6.45) is 0. The summed E-state index contributed by atoms with van der Waals surface area (Å²) in [4.78, 5) is 4.12. The van der Waals surface area contributed by atoms with E-state index in [0.717, 1.165) is 0 Å². The van der Waals surface area contributed by atoms with Gasteiger partial charge in [-0.25, -0.2) is 4.98 Å². The molecule has 0 aliphatic heterocycles. The first-order chi connectivity index (χ1) is 7.54. The first kappa shape index (κ1) is 11.6. The molecule has 2 rings (SSSR count). The van der Waals surface area contributed by atoms with Gasteiger partial charge in [-0.2, -0.15) is 0 Å². The van der Waals surface area contributed by atoms with Crippen LogP contribution in [0, 0.1) is 0 Å². The third kappa shape index (κ3) is 1.75. The normalized spacial score (nSPS) is 10.8. The van der Waals surface area contributed by atoms with Crippen LogP contribution in [-0.4, -0.2) is 12.1 Å². The second-order valence-electron chi connectivity index (χ2n) is 3.13. The average Bonchev–Trinajstić information content (AvgIpc) is 2.26. The molecular formula is C10H7Cl3N2O. The Hall–Kier alpha value is -0.900. The molecule has 84 valence electrons. The number of hydrogen-bond acceptors (Lipinski definition) is 3. The highest BCUT2D eigenvalue weighted by Gasteiger charge is 2.13. The van der Waals surface area contributed by atoms with E-state index < -0.39 is 0 Å². The van der Waals surface area contributed by atoms with Gasteiger partial charge >= 0.3 is 0 Å². The molecule has 0 aliphatic rings. The van der Waals surface area contributed by atoms with Crippen LogP contribution < -0.4 is 10.5 Å². The molecule has 6 heteroatoms. The lowest BCUT2D eigenvalue weighted by Crippen LogP contribution is -1.95. The van der Waals surface area contributed by atoms with Gasteiger partial charge in [0.1, 0.15) is 11.3 Å². The molecule has 0 saturated carbocycles. The Morgan fingerprint density at radius 1 is 1.25 bits per heavy atom. The van der Waals surface area contributed by atoms with Crippen LogP contribution >= 0.6 is 34.8 Å². The predicted molar refractivity (Wildman–Crippen MR) is 67.7 cm³/mol. The molecule has 0 unspecified atom stereocenters. The minimum absolute atomic E-state index is 0.151. The molecule has 0 bridgehead atoms. The van der Waals surface area contributed by atoms with Gasteiger partial charge in [0.15, 0.2) is 5.15 Å². The number of benzene rings is 1. The lowest BCUT2D eigenvalue weighted by Gasteiger charge is -2.09. The summed E-state index contributed by atoms with van der Waals surface area (Å²) in [5.41, 5.74) is 6.45. The molecule has 16 heavy (non-hydrogen) atoms. The molecular weight excluding hydrogens is 270 g/mol. The number of hydrogen-bond donors (Lipinski definition) is 1. The van der Waals surface area contributed by atoms with Crippen LogP contribution in [0.4, 0.5) is 5.69 Å². The first-order valence-corrected chi connectivity index (χ1v) is 5.45. The van der Waals surface area contributed by atoms with E-state index in [0.29, 0.717) is 26.7 Å². The minimum atomic E-state index is 0.151. The van der Waals surface area contributed by atoms with Crippen molar-refractivity contribution in [2.24, 2.45) is 0 Å². The molecule has 1 heterocycles. The smallest absolute Gasteiger partial charge is 0.154 e. The van der Waals surface area contributed by atoms with E-state index in [1.165, 1.54) is 7.11 Å². The number of methoxy groups -OCH3 is 1. The maximum Gasteiger partial charge on any atom is 0.154 e. The number of nitrogens with two attached hydrogens (primary N) is 1. The summed E-state index contributed by atoms with van der Waals surface area (Å²) in [6.45, 7) is 0. The number of nitrogen functional groups attached to an aromatic ring is 1. The molecule has 0 fully saturated rings. The fraction of sp³-hybridized carbons (Fsp3) is 0.100. The minimum Gasteiger partial charge on any atom is -0.494 e. The zero-order valence-corrected chi connectivity index (χ0v) is 10.5. The molecule has 2 aromatic rings. The van der Waals surface area contributed by atoms with Crippen LogP contribution in [0.5, 0.6) is 5.75 Å². The van der Waals surface area contributed by atoms with Crippen LogP contribution in [0.3, 0.4) is 0 Å². The number of ether oxygens (including phenoxy) is 1. The summed E-state index contributed by atoms with van der Waals surface area (Å²) in [6, 6.07) is 3.31. The van der Waals surface area contributed by atoms with E-state index in [4.69, 9.17) is 45.3 Å². The standard InChI is InChI=1S/C10H7Cl3N2O/c1-16-6-3-4(11)2-5-7(12)8(14)10(13)15-9(5)6/h2-3H,14H2,1H3. The Morgan fingerprint density at radius 3 is 2.56 bits per heavy atom. The topological polar surface area (TPSA) is 48.1 Å². The molecule has 2 N–H and O–H groups in total. The molecule has 1 aromatic heterocycles. The highest BCUT2D eigenvalue weighted by molar-refractivity contribution is 6.42. The van der Waals surface area contributed by atoms with E-state index in [9.17, 15) is 0 Å². The number of pyridine rings is 1. The SMILES string of the molecule is COc1cc(Cl)cc2c(Cl)c(N)c(Cl)nc12. The zero-order valence-electron chi connectivity index (χ0n) is 8.22. The summed E-state index contributed by atoms with van der Waals surface area (Å²) in [5.74, 6) is 0.506. The number of nitrogens with zero attached hydrogens (tertiary/aromatic N) is 1. The van der Waals surface area contributed by atoms with Gasteiger partial charge in [0.2, 0.25) is 0 Å². The highest BCUT2D eigenvalue weighted by atomic mass is 35.5. The van der Waals surface area contributed by atoms with Gasteiger partial charge in [0.25, 0.3) is 0 Å². The summed E-state index contributed by atoms with van der Waals surface area (Å²) >= 11 is 17.8. The monoisotopic (exact) mass is 276 g/mol. The zero-order chi connectivity index (χ0) is 11.9. The summed E-state index contributed by atoms with van der Waals surface area (Å²) in [5, 5.41) is 1.59. The van der Waals surface area contributed by atoms with Crippen molar-refractivity contribution in [3.05, 3.63) is 27.3 Å².